The van der Waals surface area contributed by atoms with Crippen molar-refractivity contribution >= 4 is 27.3 Å². The molecular weight excluding hydrogens is 464 g/mol. The molecule has 0 aliphatic rings. The number of rotatable bonds is 6. The maximum absolute atomic E-state index is 11.6. The van der Waals surface area contributed by atoms with Crippen LogP contribution in [0.4, 0.5) is 5.69 Å². The summed E-state index contributed by atoms with van der Waals surface area (Å²) in [5.41, 5.74) is 11.6. The Labute approximate surface area is 201 Å². The van der Waals surface area contributed by atoms with E-state index in [1.807, 2.05) is 30.3 Å². The number of sulfonamides is 1. The predicted octanol–water partition coefficient (Wildman–Crippen LogP) is 3.60. The van der Waals surface area contributed by atoms with Gasteiger partial charge in [-0.05, 0) is 48.0 Å². The number of hydrogen-bond acceptors (Lipinski definition) is 6. The van der Waals surface area contributed by atoms with E-state index >= 15 is 0 Å². The van der Waals surface area contributed by atoms with E-state index in [1.54, 1.807) is 59.5 Å². The first-order chi connectivity index (χ1) is 16.8. The van der Waals surface area contributed by atoms with E-state index in [2.05, 4.69) is 19.8 Å². The van der Waals surface area contributed by atoms with E-state index in [0.29, 0.717) is 22.6 Å². The Morgan fingerprint density at radius 3 is 2.49 bits per heavy atom. The number of hydrogen-bond donors (Lipinski definition) is 2. The Balaban J connectivity index is 1.50. The average molecular weight is 485 g/mol. The zero-order chi connectivity index (χ0) is 24.6. The summed E-state index contributed by atoms with van der Waals surface area (Å²) >= 11 is 0. The topological polar surface area (TPSA) is 132 Å². The average Bonchev–Trinajstić information content (AvgIpc) is 3.27. The molecule has 0 bridgehead atoms. The van der Waals surface area contributed by atoms with Crippen molar-refractivity contribution in [1.82, 2.24) is 19.6 Å². The number of carbonyl (C=O) groups is 1. The summed E-state index contributed by atoms with van der Waals surface area (Å²) in [7, 11) is -3.38. The number of nitrogens with zero attached hydrogens (tertiary/aromatic N) is 4. The summed E-state index contributed by atoms with van der Waals surface area (Å²) < 4.78 is 27.3. The van der Waals surface area contributed by atoms with Crippen LogP contribution in [-0.2, 0) is 10.0 Å². The van der Waals surface area contributed by atoms with Crippen LogP contribution in [0, 0.1) is 0 Å². The maximum atomic E-state index is 11.6. The van der Waals surface area contributed by atoms with Crippen LogP contribution in [0.5, 0.6) is 0 Å². The van der Waals surface area contributed by atoms with Gasteiger partial charge in [-0.15, -0.1) is 0 Å². The number of imidazole rings is 1. The molecular formula is C25H20N6O3S. The van der Waals surface area contributed by atoms with E-state index in [9.17, 15) is 13.2 Å². The van der Waals surface area contributed by atoms with Gasteiger partial charge in [-0.3, -0.25) is 14.5 Å². The molecule has 3 heterocycles. The smallest absolute Gasteiger partial charge is 0.248 e. The van der Waals surface area contributed by atoms with E-state index in [0.717, 1.165) is 34.2 Å². The maximum Gasteiger partial charge on any atom is 0.248 e. The minimum absolute atomic E-state index is 0.412. The van der Waals surface area contributed by atoms with Crippen LogP contribution in [0.3, 0.4) is 0 Å². The van der Waals surface area contributed by atoms with Crippen molar-refractivity contribution < 1.29 is 13.2 Å². The van der Waals surface area contributed by atoms with Gasteiger partial charge in [0, 0.05) is 34.1 Å². The minimum Gasteiger partial charge on any atom is -0.366 e. The highest BCUT2D eigenvalue weighted by atomic mass is 32.2. The van der Waals surface area contributed by atoms with Gasteiger partial charge in [0.05, 0.1) is 30.0 Å². The molecule has 10 heteroatoms. The molecule has 9 nitrogen and oxygen atoms in total. The molecule has 5 rings (SSSR count). The Kier molecular flexibility index (Phi) is 5.50. The molecule has 0 aliphatic heterocycles. The number of primary amides is 1. The third-order valence-corrected chi connectivity index (χ3v) is 5.97. The number of aromatic nitrogens is 4. The Hall–Kier alpha value is -4.57. The molecule has 0 unspecified atom stereocenters. The first-order valence-electron chi connectivity index (χ1n) is 10.6. The molecule has 5 aromatic rings. The SMILES string of the molecule is CS(=O)(=O)Nc1cccc(-c2cnn3c(-c4ccnc(-c5cccc(C(N)=O)c5)c4)cnc3c2)c1. The fourth-order valence-electron chi connectivity index (χ4n) is 3.79. The number of amides is 1. The van der Waals surface area contributed by atoms with Crippen LogP contribution in [0.15, 0.2) is 85.3 Å². The molecule has 3 aromatic heterocycles. The number of pyridine rings is 1. The number of anilines is 1. The Bertz CT molecular complexity index is 1690. The van der Waals surface area contributed by atoms with Crippen molar-refractivity contribution in [3.05, 3.63) is 90.9 Å². The molecule has 174 valence electrons. The standard InChI is InChI=1S/C25H20N6O3S/c1-35(33,34)30-21-7-3-4-16(11-21)20-13-24-28-15-23(31(24)29-14-20)18-8-9-27-22(12-18)17-5-2-6-19(10-17)25(26)32/h2-15,30H,1H3,(H2,26,32). The van der Waals surface area contributed by atoms with E-state index < -0.39 is 15.9 Å². The van der Waals surface area contributed by atoms with Crippen molar-refractivity contribution in [3.63, 3.8) is 0 Å². The zero-order valence-corrected chi connectivity index (χ0v) is 19.4. The highest BCUT2D eigenvalue weighted by Crippen LogP contribution is 2.28. The third kappa shape index (κ3) is 4.73. The lowest BCUT2D eigenvalue weighted by Crippen LogP contribution is -2.10. The molecule has 0 spiro atoms. The van der Waals surface area contributed by atoms with Gasteiger partial charge in [-0.2, -0.15) is 5.10 Å². The molecule has 35 heavy (non-hydrogen) atoms. The van der Waals surface area contributed by atoms with Gasteiger partial charge in [0.25, 0.3) is 0 Å². The van der Waals surface area contributed by atoms with Crippen molar-refractivity contribution in [2.45, 2.75) is 0 Å². The van der Waals surface area contributed by atoms with Gasteiger partial charge >= 0.3 is 0 Å². The molecule has 1 amide bonds. The van der Waals surface area contributed by atoms with Crippen molar-refractivity contribution in [1.29, 1.82) is 0 Å². The molecule has 2 aromatic carbocycles. The monoisotopic (exact) mass is 484 g/mol. The van der Waals surface area contributed by atoms with Crippen molar-refractivity contribution in [2.75, 3.05) is 11.0 Å². The highest BCUT2D eigenvalue weighted by molar-refractivity contribution is 7.92. The van der Waals surface area contributed by atoms with Crippen LogP contribution < -0.4 is 10.5 Å². The van der Waals surface area contributed by atoms with Crippen molar-refractivity contribution in [2.24, 2.45) is 5.73 Å². The number of fused-ring (bicyclic) bond motifs is 1. The summed E-state index contributed by atoms with van der Waals surface area (Å²) in [6.07, 6.45) is 6.23. The molecule has 0 atom stereocenters. The van der Waals surface area contributed by atoms with Crippen LogP contribution in [0.1, 0.15) is 10.4 Å². The predicted molar refractivity (Wildman–Crippen MR) is 134 cm³/mol. The molecule has 0 radical (unpaired) electrons. The third-order valence-electron chi connectivity index (χ3n) is 5.36. The second-order valence-electron chi connectivity index (χ2n) is 7.99. The van der Waals surface area contributed by atoms with Gasteiger partial charge in [0.2, 0.25) is 15.9 Å². The summed E-state index contributed by atoms with van der Waals surface area (Å²) in [5.74, 6) is -0.498. The summed E-state index contributed by atoms with van der Waals surface area (Å²) in [5, 5.41) is 4.57. The normalized spacial score (nSPS) is 11.5. The second-order valence-corrected chi connectivity index (χ2v) is 9.74. The number of carbonyl (C=O) groups excluding carboxylic acids is 1. The van der Waals surface area contributed by atoms with Crippen LogP contribution in [0.2, 0.25) is 0 Å². The zero-order valence-electron chi connectivity index (χ0n) is 18.6. The minimum atomic E-state index is -3.38. The Morgan fingerprint density at radius 1 is 0.886 bits per heavy atom. The van der Waals surface area contributed by atoms with Gasteiger partial charge in [0.1, 0.15) is 0 Å². The first kappa shape index (κ1) is 22.2. The van der Waals surface area contributed by atoms with E-state index in [1.165, 1.54) is 0 Å². The lowest BCUT2D eigenvalue weighted by molar-refractivity contribution is 0.100. The van der Waals surface area contributed by atoms with Crippen LogP contribution in [0.25, 0.3) is 39.3 Å². The quantitative estimate of drug-likeness (QED) is 0.378. The molecule has 0 fully saturated rings. The molecule has 0 saturated heterocycles. The fraction of sp³-hybridized carbons (Fsp3) is 0.0400. The fourth-order valence-corrected chi connectivity index (χ4v) is 4.34. The van der Waals surface area contributed by atoms with Crippen molar-refractivity contribution in [3.8, 4) is 33.6 Å². The Morgan fingerprint density at radius 2 is 1.69 bits per heavy atom. The second kappa shape index (κ2) is 8.65. The van der Waals surface area contributed by atoms with Crippen LogP contribution >= 0.6 is 0 Å². The van der Waals surface area contributed by atoms with Gasteiger partial charge in [-0.1, -0.05) is 24.3 Å². The highest BCUT2D eigenvalue weighted by Gasteiger charge is 2.12. The number of nitrogens with two attached hydrogens (primary N) is 1. The summed E-state index contributed by atoms with van der Waals surface area (Å²) in [4.78, 5) is 20.5. The molecule has 0 aliphatic carbocycles. The van der Waals surface area contributed by atoms with Gasteiger partial charge in [0.15, 0.2) is 5.65 Å². The molecule has 0 saturated carbocycles. The van der Waals surface area contributed by atoms with Gasteiger partial charge < -0.3 is 5.73 Å². The number of benzene rings is 2. The lowest BCUT2D eigenvalue weighted by atomic mass is 10.0. The van der Waals surface area contributed by atoms with Gasteiger partial charge in [-0.25, -0.2) is 17.9 Å². The van der Waals surface area contributed by atoms with Crippen LogP contribution in [-0.4, -0.2) is 40.2 Å². The van der Waals surface area contributed by atoms with E-state index in [4.69, 9.17) is 5.73 Å². The first-order valence-corrected chi connectivity index (χ1v) is 12.4. The number of nitrogens with one attached hydrogen (secondary N) is 1. The molecule has 3 N–H and O–H groups in total. The summed E-state index contributed by atoms with van der Waals surface area (Å²) in [6, 6.07) is 19.7. The lowest BCUT2D eigenvalue weighted by Gasteiger charge is -2.08. The van der Waals surface area contributed by atoms with E-state index in [-0.39, 0.29) is 0 Å². The largest absolute Gasteiger partial charge is 0.366 e. The summed E-state index contributed by atoms with van der Waals surface area (Å²) in [6.45, 7) is 0.